The summed E-state index contributed by atoms with van der Waals surface area (Å²) >= 11 is 12.2. The second-order valence-electron chi connectivity index (χ2n) is 6.42. The first-order valence-electron chi connectivity index (χ1n) is 8.54. The second kappa shape index (κ2) is 7.68. The van der Waals surface area contributed by atoms with E-state index in [-0.39, 0.29) is 18.2 Å². The van der Waals surface area contributed by atoms with E-state index >= 15 is 0 Å². The first kappa shape index (κ1) is 18.7. The van der Waals surface area contributed by atoms with Crippen molar-refractivity contribution in [3.05, 3.63) is 58.1 Å². The summed E-state index contributed by atoms with van der Waals surface area (Å²) in [6.07, 6.45) is 0.181. The van der Waals surface area contributed by atoms with Crippen LogP contribution in [0.4, 0.5) is 11.4 Å². The maximum Gasteiger partial charge on any atom is 0.232 e. The van der Waals surface area contributed by atoms with E-state index in [9.17, 15) is 9.59 Å². The number of benzene rings is 2. The minimum Gasteiger partial charge on any atom is -0.312 e. The molecule has 2 amide bonds. The van der Waals surface area contributed by atoms with Crippen LogP contribution in [-0.2, 0) is 9.59 Å². The smallest absolute Gasteiger partial charge is 0.232 e. The number of hydrogen-bond donors (Lipinski definition) is 0. The Morgan fingerprint density at radius 1 is 1.23 bits per heavy atom. The van der Waals surface area contributed by atoms with Gasteiger partial charge in [0.15, 0.2) is 0 Å². The van der Waals surface area contributed by atoms with Crippen LogP contribution in [-0.4, -0.2) is 24.9 Å². The molecule has 0 saturated carbocycles. The van der Waals surface area contributed by atoms with E-state index in [0.29, 0.717) is 28.8 Å². The van der Waals surface area contributed by atoms with Crippen LogP contribution < -0.4 is 9.80 Å². The number of rotatable bonds is 4. The van der Waals surface area contributed by atoms with Crippen molar-refractivity contribution in [2.24, 2.45) is 5.92 Å². The van der Waals surface area contributed by atoms with E-state index in [1.165, 1.54) is 0 Å². The third-order valence-electron chi connectivity index (χ3n) is 4.57. The van der Waals surface area contributed by atoms with E-state index in [0.717, 1.165) is 11.3 Å². The number of hydrogen-bond acceptors (Lipinski definition) is 2. The van der Waals surface area contributed by atoms with Crippen molar-refractivity contribution in [1.82, 2.24) is 0 Å². The van der Waals surface area contributed by atoms with Gasteiger partial charge in [-0.05, 0) is 49.7 Å². The summed E-state index contributed by atoms with van der Waals surface area (Å²) < 4.78 is 0. The zero-order valence-electron chi connectivity index (χ0n) is 14.7. The van der Waals surface area contributed by atoms with E-state index in [1.807, 2.05) is 38.1 Å². The maximum atomic E-state index is 13.0. The van der Waals surface area contributed by atoms with Gasteiger partial charge in [-0.15, -0.1) is 0 Å². The molecule has 1 atom stereocenters. The summed E-state index contributed by atoms with van der Waals surface area (Å²) in [7, 11) is 0. The molecule has 1 unspecified atom stereocenters. The Bertz CT molecular complexity index is 853. The zero-order valence-corrected chi connectivity index (χ0v) is 16.2. The largest absolute Gasteiger partial charge is 0.312 e. The topological polar surface area (TPSA) is 40.6 Å². The number of carbonyl (C=O) groups is 2. The summed E-state index contributed by atoms with van der Waals surface area (Å²) in [5, 5.41) is 0.916. The van der Waals surface area contributed by atoms with Gasteiger partial charge in [0.1, 0.15) is 0 Å². The molecule has 0 bridgehead atoms. The number of aryl methyl sites for hydroxylation is 1. The van der Waals surface area contributed by atoms with Crippen LogP contribution in [0.2, 0.25) is 10.0 Å². The highest BCUT2D eigenvalue weighted by Gasteiger charge is 2.38. The van der Waals surface area contributed by atoms with Crippen LogP contribution in [0.5, 0.6) is 0 Å². The molecule has 2 aromatic carbocycles. The third kappa shape index (κ3) is 3.71. The quantitative estimate of drug-likeness (QED) is 0.758. The van der Waals surface area contributed by atoms with Crippen LogP contribution >= 0.6 is 23.2 Å². The first-order valence-corrected chi connectivity index (χ1v) is 9.29. The summed E-state index contributed by atoms with van der Waals surface area (Å²) in [5.41, 5.74) is 2.54. The lowest BCUT2D eigenvalue weighted by atomic mass is 10.1. The summed E-state index contributed by atoms with van der Waals surface area (Å²) in [6, 6.07) is 12.8. The number of carbonyl (C=O) groups excluding carboxylic acids is 2. The highest BCUT2D eigenvalue weighted by Crippen LogP contribution is 2.34. The lowest BCUT2D eigenvalue weighted by Crippen LogP contribution is -2.37. The van der Waals surface area contributed by atoms with E-state index < -0.39 is 5.92 Å². The fourth-order valence-corrected chi connectivity index (χ4v) is 3.80. The molecule has 1 heterocycles. The minimum atomic E-state index is -0.394. The molecule has 4 nitrogen and oxygen atoms in total. The van der Waals surface area contributed by atoms with Gasteiger partial charge in [-0.3, -0.25) is 9.59 Å². The Morgan fingerprint density at radius 3 is 2.65 bits per heavy atom. The number of nitrogens with zero attached hydrogens (tertiary/aromatic N) is 2. The molecular formula is C20H20Cl2N2O2. The van der Waals surface area contributed by atoms with Gasteiger partial charge >= 0.3 is 0 Å². The van der Waals surface area contributed by atoms with Gasteiger partial charge < -0.3 is 9.80 Å². The number of anilines is 2. The van der Waals surface area contributed by atoms with Crippen LogP contribution in [0.25, 0.3) is 0 Å². The van der Waals surface area contributed by atoms with Crippen molar-refractivity contribution in [1.29, 1.82) is 0 Å². The molecule has 1 aliphatic rings. The summed E-state index contributed by atoms with van der Waals surface area (Å²) in [6.45, 7) is 4.80. The Morgan fingerprint density at radius 2 is 2.00 bits per heavy atom. The molecule has 0 aromatic heterocycles. The lowest BCUT2D eigenvalue weighted by molar-refractivity contribution is -0.124. The molecule has 0 radical (unpaired) electrons. The molecule has 26 heavy (non-hydrogen) atoms. The average Bonchev–Trinajstić information content (AvgIpc) is 2.97. The van der Waals surface area contributed by atoms with Crippen molar-refractivity contribution in [3.8, 4) is 0 Å². The highest BCUT2D eigenvalue weighted by atomic mass is 35.5. The van der Waals surface area contributed by atoms with Crippen LogP contribution in [0.3, 0.4) is 0 Å². The highest BCUT2D eigenvalue weighted by molar-refractivity contribution is 6.36. The molecule has 0 spiro atoms. The maximum absolute atomic E-state index is 13.0. The normalized spacial score (nSPS) is 16.8. The molecule has 0 N–H and O–H groups in total. The first-order chi connectivity index (χ1) is 12.4. The van der Waals surface area contributed by atoms with Gasteiger partial charge in [0.05, 0.1) is 16.6 Å². The van der Waals surface area contributed by atoms with Gasteiger partial charge in [-0.1, -0.05) is 35.3 Å². The number of halogens is 2. The molecular weight excluding hydrogens is 371 g/mol. The van der Waals surface area contributed by atoms with Gasteiger partial charge in [-0.25, -0.2) is 0 Å². The van der Waals surface area contributed by atoms with Crippen molar-refractivity contribution in [3.63, 3.8) is 0 Å². The monoisotopic (exact) mass is 390 g/mol. The predicted octanol–water partition coefficient (Wildman–Crippen LogP) is 4.71. The van der Waals surface area contributed by atoms with Gasteiger partial charge in [-0.2, -0.15) is 0 Å². The molecule has 2 aromatic rings. The van der Waals surface area contributed by atoms with E-state index in [2.05, 4.69) is 0 Å². The van der Waals surface area contributed by atoms with Crippen molar-refractivity contribution >= 4 is 46.4 Å². The Kier molecular flexibility index (Phi) is 5.54. The fraction of sp³-hybridized carbons (Fsp3) is 0.300. The Balaban J connectivity index is 1.82. The van der Waals surface area contributed by atoms with Crippen molar-refractivity contribution < 1.29 is 9.59 Å². The minimum absolute atomic E-state index is 0.0426. The summed E-state index contributed by atoms with van der Waals surface area (Å²) in [5.74, 6) is -0.540. The fourth-order valence-electron chi connectivity index (χ4n) is 3.29. The van der Waals surface area contributed by atoms with Crippen LogP contribution in [0.1, 0.15) is 18.9 Å². The van der Waals surface area contributed by atoms with Crippen molar-refractivity contribution in [2.75, 3.05) is 22.9 Å². The summed E-state index contributed by atoms with van der Waals surface area (Å²) in [4.78, 5) is 28.8. The Hall–Kier alpha value is -2.04. The average molecular weight is 391 g/mol. The third-order valence-corrected chi connectivity index (χ3v) is 5.11. The SMILES string of the molecule is CCN(C(=O)C1CC(=O)N(c2ccc(Cl)cc2Cl)C1)c1cccc(C)c1. The molecule has 3 rings (SSSR count). The van der Waals surface area contributed by atoms with Crippen molar-refractivity contribution in [2.45, 2.75) is 20.3 Å². The second-order valence-corrected chi connectivity index (χ2v) is 7.27. The van der Waals surface area contributed by atoms with Gasteiger partial charge in [0, 0.05) is 30.2 Å². The number of amides is 2. The molecule has 0 aliphatic carbocycles. The van der Waals surface area contributed by atoms with E-state index in [1.54, 1.807) is 28.0 Å². The molecule has 6 heteroatoms. The molecule has 1 fully saturated rings. The van der Waals surface area contributed by atoms with Crippen LogP contribution in [0, 0.1) is 12.8 Å². The standard InChI is InChI=1S/C20H20Cl2N2O2/c1-3-23(16-6-4-5-13(2)9-16)20(26)14-10-19(25)24(12-14)18-8-7-15(21)11-17(18)22/h4-9,11,14H,3,10,12H2,1-2H3. The predicted molar refractivity (Wildman–Crippen MR) is 106 cm³/mol. The molecule has 1 aliphatic heterocycles. The lowest BCUT2D eigenvalue weighted by Gasteiger charge is -2.25. The van der Waals surface area contributed by atoms with Gasteiger partial charge in [0.2, 0.25) is 11.8 Å². The zero-order chi connectivity index (χ0) is 18.8. The Labute approximate surface area is 163 Å². The molecule has 136 valence electrons. The molecule has 1 saturated heterocycles. The van der Waals surface area contributed by atoms with E-state index in [4.69, 9.17) is 23.2 Å². The van der Waals surface area contributed by atoms with Crippen LogP contribution in [0.15, 0.2) is 42.5 Å². The van der Waals surface area contributed by atoms with Gasteiger partial charge in [0.25, 0.3) is 0 Å².